The SMILES string of the molecule is Cc1occc1C(=O)N1CCN(c2ccc(C(F)(F)F)cn2)CC1. The van der Waals surface area contributed by atoms with E-state index < -0.39 is 11.7 Å². The molecule has 1 aliphatic rings. The molecule has 1 fully saturated rings. The maximum atomic E-state index is 12.6. The lowest BCUT2D eigenvalue weighted by Crippen LogP contribution is -2.49. The Kier molecular flexibility index (Phi) is 4.21. The molecule has 0 radical (unpaired) electrons. The molecule has 2 aromatic heterocycles. The summed E-state index contributed by atoms with van der Waals surface area (Å²) in [5.74, 6) is 0.961. The first-order chi connectivity index (χ1) is 11.4. The van der Waals surface area contributed by atoms with Gasteiger partial charge in [0.05, 0.1) is 17.4 Å². The molecule has 0 unspecified atom stereocenters. The van der Waals surface area contributed by atoms with E-state index in [-0.39, 0.29) is 5.91 Å². The lowest BCUT2D eigenvalue weighted by Gasteiger charge is -2.35. The number of aromatic nitrogens is 1. The van der Waals surface area contributed by atoms with Gasteiger partial charge in [0.1, 0.15) is 11.6 Å². The highest BCUT2D eigenvalue weighted by atomic mass is 19.4. The van der Waals surface area contributed by atoms with Crippen molar-refractivity contribution in [1.29, 1.82) is 0 Å². The molecule has 0 saturated carbocycles. The third-order valence-electron chi connectivity index (χ3n) is 4.06. The van der Waals surface area contributed by atoms with Crippen LogP contribution in [0.4, 0.5) is 19.0 Å². The predicted molar refractivity (Wildman–Crippen MR) is 80.8 cm³/mol. The Labute approximate surface area is 136 Å². The van der Waals surface area contributed by atoms with Gasteiger partial charge in [-0.2, -0.15) is 13.2 Å². The van der Waals surface area contributed by atoms with E-state index in [2.05, 4.69) is 4.98 Å². The van der Waals surface area contributed by atoms with Gasteiger partial charge in [-0.1, -0.05) is 0 Å². The summed E-state index contributed by atoms with van der Waals surface area (Å²) in [6.45, 7) is 3.72. The van der Waals surface area contributed by atoms with Gasteiger partial charge >= 0.3 is 6.18 Å². The normalized spacial score (nSPS) is 15.7. The second-order valence-corrected chi connectivity index (χ2v) is 5.57. The smallest absolute Gasteiger partial charge is 0.417 e. The fourth-order valence-electron chi connectivity index (χ4n) is 2.66. The maximum absolute atomic E-state index is 12.6. The largest absolute Gasteiger partial charge is 0.469 e. The molecule has 1 aliphatic heterocycles. The Hall–Kier alpha value is -2.51. The molecule has 2 aromatic rings. The van der Waals surface area contributed by atoms with E-state index in [1.165, 1.54) is 12.3 Å². The van der Waals surface area contributed by atoms with Gasteiger partial charge in [0.15, 0.2) is 0 Å². The van der Waals surface area contributed by atoms with Gasteiger partial charge in [0, 0.05) is 32.4 Å². The number of hydrogen-bond acceptors (Lipinski definition) is 4. The van der Waals surface area contributed by atoms with E-state index in [0.29, 0.717) is 43.3 Å². The first kappa shape index (κ1) is 16.4. The summed E-state index contributed by atoms with van der Waals surface area (Å²) < 4.78 is 42.8. The molecule has 24 heavy (non-hydrogen) atoms. The molecule has 0 atom stereocenters. The number of nitrogens with zero attached hydrogens (tertiary/aromatic N) is 3. The van der Waals surface area contributed by atoms with Crippen LogP contribution >= 0.6 is 0 Å². The van der Waals surface area contributed by atoms with Crippen LogP contribution in [0.2, 0.25) is 0 Å². The first-order valence-corrected chi connectivity index (χ1v) is 7.48. The monoisotopic (exact) mass is 339 g/mol. The second kappa shape index (κ2) is 6.18. The van der Waals surface area contributed by atoms with Crippen LogP contribution in [0, 0.1) is 6.92 Å². The van der Waals surface area contributed by atoms with Crippen LogP contribution in [-0.4, -0.2) is 42.0 Å². The molecule has 0 bridgehead atoms. The van der Waals surface area contributed by atoms with Crippen molar-refractivity contribution in [3.63, 3.8) is 0 Å². The quantitative estimate of drug-likeness (QED) is 0.844. The Morgan fingerprint density at radius 2 is 1.88 bits per heavy atom. The van der Waals surface area contributed by atoms with Gasteiger partial charge in [0.2, 0.25) is 0 Å². The van der Waals surface area contributed by atoms with E-state index in [1.54, 1.807) is 17.9 Å². The molecular formula is C16H16F3N3O2. The van der Waals surface area contributed by atoms with Crippen molar-refractivity contribution in [2.75, 3.05) is 31.1 Å². The van der Waals surface area contributed by atoms with Crippen LogP contribution in [0.3, 0.4) is 0 Å². The summed E-state index contributed by atoms with van der Waals surface area (Å²) in [6.07, 6.45) is -2.08. The van der Waals surface area contributed by atoms with Gasteiger partial charge in [-0.3, -0.25) is 4.79 Å². The lowest BCUT2D eigenvalue weighted by atomic mass is 10.2. The number of anilines is 1. The van der Waals surface area contributed by atoms with Crippen molar-refractivity contribution in [3.05, 3.63) is 47.5 Å². The number of rotatable bonds is 2. The van der Waals surface area contributed by atoms with Crippen molar-refractivity contribution in [1.82, 2.24) is 9.88 Å². The van der Waals surface area contributed by atoms with Crippen molar-refractivity contribution >= 4 is 11.7 Å². The summed E-state index contributed by atoms with van der Waals surface area (Å²) in [5, 5.41) is 0. The average Bonchev–Trinajstić information content (AvgIpc) is 3.00. The molecular weight excluding hydrogens is 323 g/mol. The van der Waals surface area contributed by atoms with E-state index >= 15 is 0 Å². The fourth-order valence-corrected chi connectivity index (χ4v) is 2.66. The highest BCUT2D eigenvalue weighted by Gasteiger charge is 2.31. The lowest BCUT2D eigenvalue weighted by molar-refractivity contribution is -0.137. The molecule has 1 amide bonds. The molecule has 5 nitrogen and oxygen atoms in total. The van der Waals surface area contributed by atoms with Gasteiger partial charge in [0.25, 0.3) is 5.91 Å². The zero-order chi connectivity index (χ0) is 17.3. The number of furan rings is 1. The van der Waals surface area contributed by atoms with Crippen LogP contribution in [0.5, 0.6) is 0 Å². The zero-order valence-electron chi connectivity index (χ0n) is 13.0. The van der Waals surface area contributed by atoms with Gasteiger partial charge in [-0.05, 0) is 25.1 Å². The van der Waals surface area contributed by atoms with E-state index in [1.807, 2.05) is 4.90 Å². The third-order valence-corrected chi connectivity index (χ3v) is 4.06. The molecule has 0 aliphatic carbocycles. The molecule has 0 aromatic carbocycles. The van der Waals surface area contributed by atoms with Crippen LogP contribution in [0.1, 0.15) is 21.7 Å². The number of halogens is 3. The van der Waals surface area contributed by atoms with Crippen LogP contribution < -0.4 is 4.90 Å². The molecule has 1 saturated heterocycles. The third kappa shape index (κ3) is 3.22. The highest BCUT2D eigenvalue weighted by molar-refractivity contribution is 5.95. The Bertz CT molecular complexity index is 717. The number of carbonyl (C=O) groups is 1. The molecule has 0 N–H and O–H groups in total. The van der Waals surface area contributed by atoms with Crippen molar-refractivity contribution in [2.24, 2.45) is 0 Å². The molecule has 3 heterocycles. The van der Waals surface area contributed by atoms with E-state index in [0.717, 1.165) is 12.3 Å². The number of aryl methyl sites for hydroxylation is 1. The summed E-state index contributed by atoms with van der Waals surface area (Å²) in [6, 6.07) is 4.02. The van der Waals surface area contributed by atoms with Crippen LogP contribution in [-0.2, 0) is 6.18 Å². The van der Waals surface area contributed by atoms with Gasteiger partial charge in [-0.25, -0.2) is 4.98 Å². The second-order valence-electron chi connectivity index (χ2n) is 5.57. The topological polar surface area (TPSA) is 49.6 Å². The number of amides is 1. The number of carbonyl (C=O) groups excluding carboxylic acids is 1. The van der Waals surface area contributed by atoms with Crippen LogP contribution in [0.15, 0.2) is 35.1 Å². The van der Waals surface area contributed by atoms with Gasteiger partial charge < -0.3 is 14.2 Å². The standard InChI is InChI=1S/C16H16F3N3O2/c1-11-13(4-9-24-11)15(23)22-7-5-21(6-8-22)14-3-2-12(10-20-14)16(17,18)19/h2-4,9-10H,5-8H2,1H3. The minimum atomic E-state index is -4.39. The Morgan fingerprint density at radius 1 is 1.17 bits per heavy atom. The molecule has 3 rings (SSSR count). The van der Waals surface area contributed by atoms with Crippen molar-refractivity contribution in [3.8, 4) is 0 Å². The van der Waals surface area contributed by atoms with Crippen molar-refractivity contribution in [2.45, 2.75) is 13.1 Å². The Balaban J connectivity index is 1.63. The van der Waals surface area contributed by atoms with E-state index in [4.69, 9.17) is 4.42 Å². The summed E-state index contributed by atoms with van der Waals surface area (Å²) in [7, 11) is 0. The molecule has 8 heteroatoms. The average molecular weight is 339 g/mol. The molecule has 128 valence electrons. The highest BCUT2D eigenvalue weighted by Crippen LogP contribution is 2.29. The number of pyridine rings is 1. The first-order valence-electron chi connectivity index (χ1n) is 7.48. The zero-order valence-corrected chi connectivity index (χ0v) is 13.0. The number of alkyl halides is 3. The predicted octanol–water partition coefficient (Wildman–Crippen LogP) is 2.96. The maximum Gasteiger partial charge on any atom is 0.417 e. The van der Waals surface area contributed by atoms with Crippen molar-refractivity contribution < 1.29 is 22.4 Å². The summed E-state index contributed by atoms with van der Waals surface area (Å²) in [5.41, 5.74) is -0.230. The number of piperazine rings is 1. The van der Waals surface area contributed by atoms with Gasteiger partial charge in [-0.15, -0.1) is 0 Å². The van der Waals surface area contributed by atoms with Crippen LogP contribution in [0.25, 0.3) is 0 Å². The minimum absolute atomic E-state index is 0.0960. The summed E-state index contributed by atoms with van der Waals surface area (Å²) >= 11 is 0. The summed E-state index contributed by atoms with van der Waals surface area (Å²) in [4.78, 5) is 19.9. The Morgan fingerprint density at radius 3 is 2.38 bits per heavy atom. The van der Waals surface area contributed by atoms with E-state index in [9.17, 15) is 18.0 Å². The minimum Gasteiger partial charge on any atom is -0.469 e. The molecule has 0 spiro atoms. The fraction of sp³-hybridized carbons (Fsp3) is 0.375. The number of hydrogen-bond donors (Lipinski definition) is 0.